The van der Waals surface area contributed by atoms with Crippen molar-refractivity contribution in [2.75, 3.05) is 11.9 Å². The molecule has 1 aliphatic rings. The number of aromatic amines is 1. The zero-order chi connectivity index (χ0) is 13.1. The smallest absolute Gasteiger partial charge is 0.330 e. The number of nitrogens with one attached hydrogen (secondary N) is 2. The van der Waals surface area contributed by atoms with Crippen LogP contribution in [0.15, 0.2) is 15.8 Å². The Balaban J connectivity index is 2.33. The first-order valence-corrected chi connectivity index (χ1v) is 5.57. The van der Waals surface area contributed by atoms with E-state index in [4.69, 9.17) is 10.5 Å². The van der Waals surface area contributed by atoms with Crippen molar-refractivity contribution < 1.29 is 9.53 Å². The van der Waals surface area contributed by atoms with Gasteiger partial charge in [0.15, 0.2) is 0 Å². The van der Waals surface area contributed by atoms with Crippen molar-refractivity contribution in [3.8, 4) is 0 Å². The average Bonchev–Trinajstić information content (AvgIpc) is 2.81. The lowest BCUT2D eigenvalue weighted by molar-refractivity contribution is -0.105. The molecule has 1 aromatic heterocycles. The summed E-state index contributed by atoms with van der Waals surface area (Å²) in [6.07, 6.45) is 2.49. The maximum atomic E-state index is 11.7. The van der Waals surface area contributed by atoms with E-state index in [-0.39, 0.29) is 11.8 Å². The van der Waals surface area contributed by atoms with Gasteiger partial charge in [-0.25, -0.2) is 4.79 Å². The van der Waals surface area contributed by atoms with Crippen LogP contribution < -0.4 is 22.3 Å². The monoisotopic (exact) mass is 254 g/mol. The fourth-order valence-electron chi connectivity index (χ4n) is 1.93. The van der Waals surface area contributed by atoms with Crippen molar-refractivity contribution in [2.24, 2.45) is 5.73 Å². The molecule has 0 radical (unpaired) electrons. The second-order valence-corrected chi connectivity index (χ2v) is 4.00. The van der Waals surface area contributed by atoms with Crippen molar-refractivity contribution in [3.63, 3.8) is 0 Å². The molecule has 0 aromatic carbocycles. The number of hydrogen-bond donors (Lipinski definition) is 3. The van der Waals surface area contributed by atoms with Crippen LogP contribution in [-0.2, 0) is 9.53 Å². The molecular formula is C10H14N4O4. The van der Waals surface area contributed by atoms with Gasteiger partial charge in [0, 0.05) is 12.7 Å². The van der Waals surface area contributed by atoms with E-state index in [1.54, 1.807) is 0 Å². The molecule has 1 saturated heterocycles. The Kier molecular flexibility index (Phi) is 3.58. The van der Waals surface area contributed by atoms with E-state index in [0.29, 0.717) is 19.4 Å². The highest BCUT2D eigenvalue weighted by Gasteiger charge is 2.26. The number of amides is 1. The zero-order valence-electron chi connectivity index (χ0n) is 9.59. The predicted molar refractivity (Wildman–Crippen MR) is 63.2 cm³/mol. The number of aromatic nitrogens is 2. The van der Waals surface area contributed by atoms with Gasteiger partial charge in [-0.1, -0.05) is 0 Å². The molecule has 2 heterocycles. The highest BCUT2D eigenvalue weighted by Crippen LogP contribution is 2.26. The number of H-pyrrole nitrogens is 1. The predicted octanol–water partition coefficient (Wildman–Crippen LogP) is -1.26. The van der Waals surface area contributed by atoms with E-state index in [9.17, 15) is 14.4 Å². The molecule has 8 nitrogen and oxygen atoms in total. The quantitative estimate of drug-likeness (QED) is 0.579. The molecule has 0 saturated carbocycles. The molecule has 98 valence electrons. The normalized spacial score (nSPS) is 22.9. The van der Waals surface area contributed by atoms with Gasteiger partial charge in [0.05, 0.1) is 6.10 Å². The summed E-state index contributed by atoms with van der Waals surface area (Å²) in [5, 5.41) is 2.23. The van der Waals surface area contributed by atoms with Crippen LogP contribution in [0, 0.1) is 0 Å². The molecule has 18 heavy (non-hydrogen) atoms. The molecule has 1 aromatic rings. The lowest BCUT2D eigenvalue weighted by atomic mass is 10.2. The van der Waals surface area contributed by atoms with Gasteiger partial charge in [0.25, 0.3) is 5.56 Å². The maximum absolute atomic E-state index is 11.7. The number of rotatable bonds is 4. The average molecular weight is 254 g/mol. The first-order valence-electron chi connectivity index (χ1n) is 5.57. The molecule has 8 heteroatoms. The van der Waals surface area contributed by atoms with Crippen molar-refractivity contribution >= 4 is 12.1 Å². The van der Waals surface area contributed by atoms with Gasteiger partial charge in [-0.3, -0.25) is 19.1 Å². The number of carbonyl (C=O) groups is 1. The number of hydrogen-bond acceptors (Lipinski definition) is 5. The molecule has 2 rings (SSSR count). The molecule has 0 spiro atoms. The standard InChI is InChI=1S/C10H14N4O4/c11-3-6-1-2-8(18-6)14-4-7(12-5-15)9(16)13-10(14)17/h4-6,8H,1-3,11H2,(H,12,15)(H,13,16,17)/t6-,8+/m0/s1. The summed E-state index contributed by atoms with van der Waals surface area (Å²) in [6, 6.07) is 0. The fraction of sp³-hybridized carbons (Fsp3) is 0.500. The summed E-state index contributed by atoms with van der Waals surface area (Å²) in [5.74, 6) is 0. The van der Waals surface area contributed by atoms with E-state index in [1.165, 1.54) is 10.8 Å². The third-order valence-electron chi connectivity index (χ3n) is 2.84. The van der Waals surface area contributed by atoms with Crippen LogP contribution >= 0.6 is 0 Å². The summed E-state index contributed by atoms with van der Waals surface area (Å²) in [5.41, 5.74) is 4.28. The molecule has 1 amide bonds. The second-order valence-electron chi connectivity index (χ2n) is 4.00. The SMILES string of the molecule is NC[C@@H]1CC[C@H](n2cc(NC=O)c(=O)[nH]c2=O)O1. The Labute approximate surface area is 102 Å². The first kappa shape index (κ1) is 12.5. The lowest BCUT2D eigenvalue weighted by Crippen LogP contribution is -2.34. The Morgan fingerprint density at radius 1 is 1.56 bits per heavy atom. The van der Waals surface area contributed by atoms with Crippen LogP contribution in [0.3, 0.4) is 0 Å². The maximum Gasteiger partial charge on any atom is 0.330 e. The topological polar surface area (TPSA) is 119 Å². The Morgan fingerprint density at radius 2 is 2.33 bits per heavy atom. The Morgan fingerprint density at radius 3 is 2.94 bits per heavy atom. The van der Waals surface area contributed by atoms with Gasteiger partial charge < -0.3 is 15.8 Å². The minimum absolute atomic E-state index is 0.00407. The van der Waals surface area contributed by atoms with Crippen LogP contribution in [0.4, 0.5) is 5.69 Å². The molecule has 0 unspecified atom stereocenters. The molecule has 4 N–H and O–H groups in total. The van der Waals surface area contributed by atoms with Crippen molar-refractivity contribution in [2.45, 2.75) is 25.2 Å². The number of anilines is 1. The van der Waals surface area contributed by atoms with Gasteiger partial charge in [0.2, 0.25) is 6.41 Å². The van der Waals surface area contributed by atoms with Crippen LogP contribution in [0.25, 0.3) is 0 Å². The number of carbonyl (C=O) groups excluding carboxylic acids is 1. The van der Waals surface area contributed by atoms with Gasteiger partial charge in [-0.05, 0) is 12.8 Å². The van der Waals surface area contributed by atoms with E-state index in [0.717, 1.165) is 6.42 Å². The number of nitrogens with zero attached hydrogens (tertiary/aromatic N) is 1. The fourth-order valence-corrected chi connectivity index (χ4v) is 1.93. The molecular weight excluding hydrogens is 240 g/mol. The van der Waals surface area contributed by atoms with Gasteiger partial charge >= 0.3 is 5.69 Å². The largest absolute Gasteiger partial charge is 0.353 e. The minimum Gasteiger partial charge on any atom is -0.353 e. The zero-order valence-corrected chi connectivity index (χ0v) is 9.59. The second kappa shape index (κ2) is 5.15. The van der Waals surface area contributed by atoms with E-state index < -0.39 is 17.5 Å². The van der Waals surface area contributed by atoms with Crippen LogP contribution in [0.5, 0.6) is 0 Å². The molecule has 0 bridgehead atoms. The van der Waals surface area contributed by atoms with Crippen molar-refractivity contribution in [1.29, 1.82) is 0 Å². The van der Waals surface area contributed by atoms with Crippen LogP contribution in [0.2, 0.25) is 0 Å². The first-order chi connectivity index (χ1) is 8.65. The molecule has 0 aliphatic carbocycles. The van der Waals surface area contributed by atoms with Crippen LogP contribution in [-0.4, -0.2) is 28.6 Å². The lowest BCUT2D eigenvalue weighted by Gasteiger charge is -2.15. The van der Waals surface area contributed by atoms with Crippen LogP contribution in [0.1, 0.15) is 19.1 Å². The Bertz CT molecular complexity index is 550. The molecule has 1 fully saturated rings. The summed E-state index contributed by atoms with van der Waals surface area (Å²) in [4.78, 5) is 35.5. The number of nitrogens with two attached hydrogens (primary N) is 1. The van der Waals surface area contributed by atoms with Crippen molar-refractivity contribution in [3.05, 3.63) is 27.0 Å². The minimum atomic E-state index is -0.642. The van der Waals surface area contributed by atoms with Gasteiger partial charge in [-0.15, -0.1) is 0 Å². The summed E-state index contributed by atoms with van der Waals surface area (Å²) in [7, 11) is 0. The van der Waals surface area contributed by atoms with Crippen molar-refractivity contribution in [1.82, 2.24) is 9.55 Å². The third kappa shape index (κ3) is 2.34. The van der Waals surface area contributed by atoms with E-state index >= 15 is 0 Å². The Hall–Kier alpha value is -1.93. The van der Waals surface area contributed by atoms with E-state index in [2.05, 4.69) is 10.3 Å². The highest BCUT2D eigenvalue weighted by atomic mass is 16.5. The van der Waals surface area contributed by atoms with Gasteiger partial charge in [-0.2, -0.15) is 0 Å². The summed E-state index contributed by atoms with van der Waals surface area (Å²) in [6.45, 7) is 0.383. The molecule has 2 atom stereocenters. The molecule has 1 aliphatic heterocycles. The number of ether oxygens (including phenoxy) is 1. The van der Waals surface area contributed by atoms with E-state index in [1.807, 2.05) is 0 Å². The summed E-state index contributed by atoms with van der Waals surface area (Å²) < 4.78 is 6.80. The van der Waals surface area contributed by atoms with Gasteiger partial charge in [0.1, 0.15) is 11.9 Å². The highest BCUT2D eigenvalue weighted by molar-refractivity contribution is 5.69. The summed E-state index contributed by atoms with van der Waals surface area (Å²) >= 11 is 0. The third-order valence-corrected chi connectivity index (χ3v) is 2.84.